The molecule has 0 fully saturated rings. The van der Waals surface area contributed by atoms with E-state index in [1.54, 1.807) is 12.1 Å². The number of aromatic nitrogens is 3. The van der Waals surface area contributed by atoms with Gasteiger partial charge in [-0.3, -0.25) is 14.6 Å². The second kappa shape index (κ2) is 11.2. The van der Waals surface area contributed by atoms with Gasteiger partial charge < -0.3 is 28.8 Å². The first-order chi connectivity index (χ1) is 20.4. The summed E-state index contributed by atoms with van der Waals surface area (Å²) >= 11 is 1.43. The number of amides is 1. The molecule has 5 heterocycles. The molecule has 0 unspecified atom stereocenters. The van der Waals surface area contributed by atoms with E-state index in [0.29, 0.717) is 41.2 Å². The zero-order chi connectivity index (χ0) is 29.4. The number of rotatable bonds is 7. The van der Waals surface area contributed by atoms with Gasteiger partial charge in [0.25, 0.3) is 11.8 Å². The normalized spacial score (nSPS) is 12.6. The minimum Gasteiger partial charge on any atom is -0.491 e. The van der Waals surface area contributed by atoms with Crippen LogP contribution in [0.5, 0.6) is 23.1 Å². The molecule has 1 N–H and O–H groups in total. The van der Waals surface area contributed by atoms with Crippen molar-refractivity contribution in [1.29, 1.82) is 0 Å². The fourth-order valence-electron chi connectivity index (χ4n) is 4.98. The number of benzene rings is 1. The van der Waals surface area contributed by atoms with Crippen LogP contribution < -0.4 is 25.0 Å². The lowest BCUT2D eigenvalue weighted by molar-refractivity contribution is 0.0801. The van der Waals surface area contributed by atoms with Crippen LogP contribution in [-0.2, 0) is 17.9 Å². The number of nitrogens with one attached hydrogen (secondary N) is 1. The third-order valence-electron chi connectivity index (χ3n) is 6.96. The summed E-state index contributed by atoms with van der Waals surface area (Å²) in [5.74, 6) is -0.614. The number of halogens is 1. The van der Waals surface area contributed by atoms with Gasteiger partial charge in [-0.15, -0.1) is 11.3 Å². The van der Waals surface area contributed by atoms with Crippen molar-refractivity contribution in [3.05, 3.63) is 87.0 Å². The molecule has 1 aromatic carbocycles. The largest absolute Gasteiger partial charge is 0.491 e. The molecule has 5 aromatic rings. The summed E-state index contributed by atoms with van der Waals surface area (Å²) in [5, 5.41) is 4.56. The summed E-state index contributed by atoms with van der Waals surface area (Å²) in [5.41, 5.74) is 2.29. The molecule has 10 nitrogen and oxygen atoms in total. The maximum Gasteiger partial charge on any atom is 0.261 e. The van der Waals surface area contributed by atoms with E-state index >= 15 is 4.39 Å². The van der Waals surface area contributed by atoms with E-state index in [-0.39, 0.29) is 35.2 Å². The topological polar surface area (TPSA) is 114 Å². The molecule has 0 saturated heterocycles. The molecule has 214 valence electrons. The highest BCUT2D eigenvalue weighted by Crippen LogP contribution is 2.35. The SMILES string of the molecule is COc1cc2nccc(Oc3ccc(NC(=O)c4c5n(c(C)c(-c6cccs6)c4=O)CCOC5)cc3F)c2nc1OC. The lowest BCUT2D eigenvalue weighted by Crippen LogP contribution is -2.33. The van der Waals surface area contributed by atoms with Crippen molar-refractivity contribution >= 4 is 34.0 Å². The summed E-state index contributed by atoms with van der Waals surface area (Å²) in [6, 6.07) is 10.9. The number of carbonyl (C=O) groups excluding carboxylic acids is 1. The second-order valence-electron chi connectivity index (χ2n) is 9.37. The Balaban J connectivity index is 1.31. The van der Waals surface area contributed by atoms with Crippen LogP contribution in [0.25, 0.3) is 21.5 Å². The van der Waals surface area contributed by atoms with Gasteiger partial charge in [-0.2, -0.15) is 0 Å². The molecule has 42 heavy (non-hydrogen) atoms. The zero-order valence-corrected chi connectivity index (χ0v) is 23.7. The van der Waals surface area contributed by atoms with Gasteiger partial charge in [0.15, 0.2) is 23.1 Å². The van der Waals surface area contributed by atoms with Gasteiger partial charge in [0, 0.05) is 47.2 Å². The van der Waals surface area contributed by atoms with E-state index < -0.39 is 17.2 Å². The molecule has 0 bridgehead atoms. The van der Waals surface area contributed by atoms with Gasteiger partial charge in [0.05, 0.1) is 44.2 Å². The third-order valence-corrected chi connectivity index (χ3v) is 7.85. The lowest BCUT2D eigenvalue weighted by Gasteiger charge is -2.26. The average Bonchev–Trinajstić information content (AvgIpc) is 3.52. The Hall–Kier alpha value is -4.81. The van der Waals surface area contributed by atoms with Crippen LogP contribution in [-0.4, -0.2) is 41.3 Å². The Bertz CT molecular complexity index is 1890. The van der Waals surface area contributed by atoms with Gasteiger partial charge in [-0.25, -0.2) is 9.37 Å². The van der Waals surface area contributed by atoms with Crippen LogP contribution in [0, 0.1) is 12.7 Å². The first kappa shape index (κ1) is 27.4. The highest BCUT2D eigenvalue weighted by Gasteiger charge is 2.27. The Morgan fingerprint density at radius 3 is 2.71 bits per heavy atom. The number of carbonyl (C=O) groups is 1. The molecule has 0 aliphatic carbocycles. The number of methoxy groups -OCH3 is 2. The number of hydrogen-bond acceptors (Lipinski definition) is 9. The smallest absolute Gasteiger partial charge is 0.261 e. The Morgan fingerprint density at radius 2 is 1.98 bits per heavy atom. The monoisotopic (exact) mass is 588 g/mol. The highest BCUT2D eigenvalue weighted by molar-refractivity contribution is 7.13. The average molecular weight is 589 g/mol. The molecular formula is C30H25FN4O6S. The van der Waals surface area contributed by atoms with Crippen molar-refractivity contribution in [2.45, 2.75) is 20.1 Å². The van der Waals surface area contributed by atoms with Gasteiger partial charge in [-0.1, -0.05) is 6.07 Å². The van der Waals surface area contributed by atoms with Crippen LogP contribution in [0.4, 0.5) is 10.1 Å². The molecule has 6 rings (SSSR count). The first-order valence-corrected chi connectivity index (χ1v) is 13.8. The number of pyridine rings is 3. The fourth-order valence-corrected chi connectivity index (χ4v) is 5.79. The molecule has 1 aliphatic heterocycles. The molecular weight excluding hydrogens is 563 g/mol. The van der Waals surface area contributed by atoms with E-state index in [1.807, 2.05) is 29.0 Å². The minimum absolute atomic E-state index is 0.0249. The van der Waals surface area contributed by atoms with E-state index in [2.05, 4.69) is 15.3 Å². The summed E-state index contributed by atoms with van der Waals surface area (Å²) in [6.45, 7) is 2.97. The van der Waals surface area contributed by atoms with Gasteiger partial charge in [0.1, 0.15) is 11.1 Å². The summed E-state index contributed by atoms with van der Waals surface area (Å²) in [4.78, 5) is 36.6. The van der Waals surface area contributed by atoms with Crippen molar-refractivity contribution in [3.8, 4) is 33.6 Å². The predicted octanol–water partition coefficient (Wildman–Crippen LogP) is 5.56. The van der Waals surface area contributed by atoms with E-state index in [9.17, 15) is 9.59 Å². The van der Waals surface area contributed by atoms with Gasteiger partial charge >= 0.3 is 0 Å². The maximum atomic E-state index is 15.3. The van der Waals surface area contributed by atoms with Gasteiger partial charge in [-0.05, 0) is 30.5 Å². The zero-order valence-electron chi connectivity index (χ0n) is 22.9. The van der Waals surface area contributed by atoms with Crippen LogP contribution in [0.3, 0.4) is 0 Å². The molecule has 1 aliphatic rings. The first-order valence-electron chi connectivity index (χ1n) is 12.9. The highest BCUT2D eigenvalue weighted by atomic mass is 32.1. The molecule has 4 aromatic heterocycles. The van der Waals surface area contributed by atoms with Crippen molar-refractivity contribution in [1.82, 2.24) is 14.5 Å². The quantitative estimate of drug-likeness (QED) is 0.263. The standard InChI is InChI=1S/C30H25FN4O6S/c1-16-25(24-5-4-12-42-24)28(36)26(20-15-40-11-10-35(16)20)29(37)33-17-6-7-21(18(31)13-17)41-22-8-9-32-19-14-23(38-2)30(39-3)34-27(19)22/h4-9,12-14H,10-11,15H2,1-3H3,(H,33,37). The molecule has 12 heteroatoms. The van der Waals surface area contributed by atoms with E-state index in [0.717, 1.165) is 16.6 Å². The molecule has 1 amide bonds. The van der Waals surface area contributed by atoms with Gasteiger partial charge in [0.2, 0.25) is 5.43 Å². The number of anilines is 1. The van der Waals surface area contributed by atoms with Crippen LogP contribution in [0.2, 0.25) is 0 Å². The second-order valence-corrected chi connectivity index (χ2v) is 10.3. The molecule has 0 saturated carbocycles. The maximum absolute atomic E-state index is 15.3. The summed E-state index contributed by atoms with van der Waals surface area (Å²) in [7, 11) is 2.94. The van der Waals surface area contributed by atoms with Crippen LogP contribution in [0.15, 0.2) is 58.8 Å². The number of thiophene rings is 1. The number of fused-ring (bicyclic) bond motifs is 2. The number of nitrogens with zero attached hydrogens (tertiary/aromatic N) is 3. The van der Waals surface area contributed by atoms with E-state index in [1.165, 1.54) is 43.9 Å². The minimum atomic E-state index is -0.733. The Kier molecular flexibility index (Phi) is 7.31. The molecule has 0 radical (unpaired) electrons. The number of ether oxygens (including phenoxy) is 4. The molecule has 0 spiro atoms. The summed E-state index contributed by atoms with van der Waals surface area (Å²) in [6.07, 6.45) is 1.51. The van der Waals surface area contributed by atoms with Crippen molar-refractivity contribution in [3.63, 3.8) is 0 Å². The van der Waals surface area contributed by atoms with Crippen molar-refractivity contribution in [2.75, 3.05) is 26.1 Å². The lowest BCUT2D eigenvalue weighted by atomic mass is 10.0. The summed E-state index contributed by atoms with van der Waals surface area (Å²) < 4.78 is 39.2. The molecule has 0 atom stereocenters. The third kappa shape index (κ3) is 4.84. The fraction of sp³-hybridized carbons (Fsp3) is 0.200. The van der Waals surface area contributed by atoms with Crippen molar-refractivity contribution < 1.29 is 28.1 Å². The predicted molar refractivity (Wildman–Crippen MR) is 155 cm³/mol. The van der Waals surface area contributed by atoms with Crippen LogP contribution >= 0.6 is 11.3 Å². The Labute approximate surface area is 243 Å². The Morgan fingerprint density at radius 1 is 1.12 bits per heavy atom. The van der Waals surface area contributed by atoms with Crippen LogP contribution in [0.1, 0.15) is 21.7 Å². The number of hydrogen-bond donors (Lipinski definition) is 1. The van der Waals surface area contributed by atoms with Crippen molar-refractivity contribution in [2.24, 2.45) is 0 Å². The van der Waals surface area contributed by atoms with E-state index in [4.69, 9.17) is 18.9 Å².